The molecule has 0 bridgehead atoms. The van der Waals surface area contributed by atoms with Crippen LogP contribution in [0.2, 0.25) is 0 Å². The van der Waals surface area contributed by atoms with Crippen LogP contribution in [-0.4, -0.2) is 44.6 Å². The summed E-state index contributed by atoms with van der Waals surface area (Å²) in [6, 6.07) is 13.3. The topological polar surface area (TPSA) is 28.1 Å². The van der Waals surface area contributed by atoms with Gasteiger partial charge in [-0.2, -0.15) is 0 Å². The van der Waals surface area contributed by atoms with Crippen LogP contribution in [0.15, 0.2) is 41.4 Å². The van der Waals surface area contributed by atoms with E-state index in [0.717, 1.165) is 38.5 Å². The number of anilines is 2. The lowest BCUT2D eigenvalue weighted by Crippen LogP contribution is -2.48. The van der Waals surface area contributed by atoms with E-state index in [-0.39, 0.29) is 5.54 Å². The lowest BCUT2D eigenvalue weighted by atomic mass is 9.79. The van der Waals surface area contributed by atoms with Crippen molar-refractivity contribution in [2.24, 2.45) is 4.99 Å². The number of nitrogens with zero attached hydrogens (tertiary/aromatic N) is 3. The monoisotopic (exact) mass is 405 g/mol. The van der Waals surface area contributed by atoms with E-state index < -0.39 is 0 Å². The maximum Gasteiger partial charge on any atom is 0.0642 e. The minimum atomic E-state index is 0.200. The van der Waals surface area contributed by atoms with Gasteiger partial charge in [0.15, 0.2) is 0 Å². The van der Waals surface area contributed by atoms with Gasteiger partial charge >= 0.3 is 0 Å². The molecule has 2 aromatic carbocycles. The summed E-state index contributed by atoms with van der Waals surface area (Å²) in [5.41, 5.74) is 7.79. The molecule has 0 amide bonds. The second-order valence-electron chi connectivity index (χ2n) is 9.30. The Morgan fingerprint density at radius 3 is 2.50 bits per heavy atom. The molecule has 4 heteroatoms. The average Bonchev–Trinajstić information content (AvgIpc) is 2.73. The fraction of sp³-hybridized carbons (Fsp3) is 0.500. The van der Waals surface area contributed by atoms with Gasteiger partial charge in [-0.25, -0.2) is 0 Å². The minimum absolute atomic E-state index is 0.200. The molecular formula is C26H35N3O. The van der Waals surface area contributed by atoms with Gasteiger partial charge in [-0.1, -0.05) is 6.92 Å². The summed E-state index contributed by atoms with van der Waals surface area (Å²) in [5, 5.41) is 0. The van der Waals surface area contributed by atoms with E-state index in [1.54, 1.807) is 0 Å². The van der Waals surface area contributed by atoms with Crippen molar-refractivity contribution in [3.63, 3.8) is 0 Å². The first-order chi connectivity index (χ1) is 14.4. The molecule has 4 nitrogen and oxygen atoms in total. The van der Waals surface area contributed by atoms with Crippen molar-refractivity contribution in [2.45, 2.75) is 52.5 Å². The molecule has 2 heterocycles. The van der Waals surface area contributed by atoms with Gasteiger partial charge in [0.05, 0.1) is 18.9 Å². The van der Waals surface area contributed by atoms with Gasteiger partial charge in [-0.15, -0.1) is 0 Å². The third-order valence-corrected chi connectivity index (χ3v) is 6.67. The molecule has 1 saturated heterocycles. The summed E-state index contributed by atoms with van der Waals surface area (Å²) >= 11 is 0. The Bertz CT molecular complexity index is 911. The molecule has 1 atom stereocenters. The van der Waals surface area contributed by atoms with Crippen LogP contribution in [0.3, 0.4) is 0 Å². The van der Waals surface area contributed by atoms with Crippen molar-refractivity contribution in [2.75, 3.05) is 42.6 Å². The molecule has 1 fully saturated rings. The third-order valence-electron chi connectivity index (χ3n) is 6.67. The molecule has 4 rings (SSSR count). The van der Waals surface area contributed by atoms with Crippen molar-refractivity contribution in [3.8, 4) is 0 Å². The van der Waals surface area contributed by atoms with Gasteiger partial charge in [-0.05, 0) is 93.1 Å². The van der Waals surface area contributed by atoms with Gasteiger partial charge in [0.1, 0.15) is 0 Å². The van der Waals surface area contributed by atoms with E-state index in [0.29, 0.717) is 5.92 Å². The molecule has 0 N–H and O–H groups in total. The predicted molar refractivity (Wildman–Crippen MR) is 128 cm³/mol. The third kappa shape index (κ3) is 4.11. The first kappa shape index (κ1) is 20.9. The lowest BCUT2D eigenvalue weighted by molar-refractivity contribution is 0.122. The Morgan fingerprint density at radius 2 is 1.83 bits per heavy atom. The fourth-order valence-corrected chi connectivity index (χ4v) is 5.10. The minimum Gasteiger partial charge on any atom is -0.378 e. The summed E-state index contributed by atoms with van der Waals surface area (Å²) < 4.78 is 5.45. The second kappa shape index (κ2) is 8.43. The van der Waals surface area contributed by atoms with Crippen molar-refractivity contribution in [1.29, 1.82) is 0 Å². The van der Waals surface area contributed by atoms with Crippen molar-refractivity contribution in [3.05, 3.63) is 53.1 Å². The zero-order valence-electron chi connectivity index (χ0n) is 19.1. The molecule has 0 radical (unpaired) electrons. The quantitative estimate of drug-likeness (QED) is 0.611. The van der Waals surface area contributed by atoms with Crippen LogP contribution in [0.5, 0.6) is 0 Å². The summed E-state index contributed by atoms with van der Waals surface area (Å²) in [4.78, 5) is 9.71. The van der Waals surface area contributed by atoms with Crippen LogP contribution in [0.1, 0.15) is 56.7 Å². The van der Waals surface area contributed by atoms with Gasteiger partial charge < -0.3 is 14.5 Å². The van der Waals surface area contributed by atoms with Gasteiger partial charge in [0.25, 0.3) is 0 Å². The zero-order chi connectivity index (χ0) is 21.3. The number of hydrogen-bond donors (Lipinski definition) is 0. The molecule has 30 heavy (non-hydrogen) atoms. The van der Waals surface area contributed by atoms with E-state index in [1.165, 1.54) is 34.5 Å². The van der Waals surface area contributed by atoms with Crippen LogP contribution < -0.4 is 9.80 Å². The molecule has 2 aromatic rings. The molecule has 2 aliphatic heterocycles. The van der Waals surface area contributed by atoms with Crippen molar-refractivity contribution in [1.82, 2.24) is 0 Å². The molecule has 0 aliphatic carbocycles. The normalized spacial score (nSPS) is 21.2. The SMILES string of the molecule is CCN1c2cc(C)c(C=Nc3ccc(N4CCOCC4)cc3)cc2C(C)CC1(C)C. The smallest absolute Gasteiger partial charge is 0.0642 e. The highest BCUT2D eigenvalue weighted by Crippen LogP contribution is 2.44. The first-order valence-corrected chi connectivity index (χ1v) is 11.3. The average molecular weight is 406 g/mol. The second-order valence-corrected chi connectivity index (χ2v) is 9.30. The summed E-state index contributed by atoms with van der Waals surface area (Å²) in [6.45, 7) is 16.1. The molecule has 0 aromatic heterocycles. The Hall–Kier alpha value is -2.33. The summed E-state index contributed by atoms with van der Waals surface area (Å²) in [5.74, 6) is 0.554. The molecule has 160 valence electrons. The number of rotatable bonds is 4. The number of morpholine rings is 1. The van der Waals surface area contributed by atoms with E-state index in [1.807, 2.05) is 6.21 Å². The van der Waals surface area contributed by atoms with Gasteiger partial charge in [0.2, 0.25) is 0 Å². The van der Waals surface area contributed by atoms with E-state index in [2.05, 4.69) is 80.8 Å². The number of ether oxygens (including phenoxy) is 1. The fourth-order valence-electron chi connectivity index (χ4n) is 5.10. The molecular weight excluding hydrogens is 370 g/mol. The Labute approximate surface area is 181 Å². The summed E-state index contributed by atoms with van der Waals surface area (Å²) in [7, 11) is 0. The Balaban J connectivity index is 1.56. The Morgan fingerprint density at radius 1 is 1.13 bits per heavy atom. The van der Waals surface area contributed by atoms with Crippen LogP contribution in [0.4, 0.5) is 17.1 Å². The highest BCUT2D eigenvalue weighted by Gasteiger charge is 2.35. The van der Waals surface area contributed by atoms with E-state index >= 15 is 0 Å². The predicted octanol–water partition coefficient (Wildman–Crippen LogP) is 5.69. The molecule has 2 aliphatic rings. The molecule has 1 unspecified atom stereocenters. The lowest BCUT2D eigenvalue weighted by Gasteiger charge is -2.47. The van der Waals surface area contributed by atoms with Crippen LogP contribution >= 0.6 is 0 Å². The van der Waals surface area contributed by atoms with E-state index in [9.17, 15) is 0 Å². The number of aryl methyl sites for hydroxylation is 1. The number of fused-ring (bicyclic) bond motifs is 1. The van der Waals surface area contributed by atoms with Crippen LogP contribution in [-0.2, 0) is 4.74 Å². The maximum absolute atomic E-state index is 5.45. The maximum atomic E-state index is 5.45. The molecule has 0 saturated carbocycles. The number of benzene rings is 2. The Kier molecular flexibility index (Phi) is 5.88. The van der Waals surface area contributed by atoms with Crippen LogP contribution in [0, 0.1) is 6.92 Å². The number of hydrogen-bond acceptors (Lipinski definition) is 4. The highest BCUT2D eigenvalue weighted by atomic mass is 16.5. The van der Waals surface area contributed by atoms with Gasteiger partial charge in [0, 0.05) is 42.8 Å². The largest absolute Gasteiger partial charge is 0.378 e. The number of aliphatic imine (C=N–C) groups is 1. The highest BCUT2D eigenvalue weighted by molar-refractivity contribution is 5.86. The summed E-state index contributed by atoms with van der Waals surface area (Å²) in [6.07, 6.45) is 3.21. The zero-order valence-corrected chi connectivity index (χ0v) is 19.1. The van der Waals surface area contributed by atoms with Crippen molar-refractivity contribution >= 4 is 23.3 Å². The molecule has 0 spiro atoms. The van der Waals surface area contributed by atoms with Crippen LogP contribution in [0.25, 0.3) is 0 Å². The van der Waals surface area contributed by atoms with E-state index in [4.69, 9.17) is 9.73 Å². The first-order valence-electron chi connectivity index (χ1n) is 11.3. The van der Waals surface area contributed by atoms with Gasteiger partial charge in [-0.3, -0.25) is 4.99 Å². The van der Waals surface area contributed by atoms with Crippen molar-refractivity contribution < 1.29 is 4.74 Å². The standard InChI is InChI=1S/C26H35N3O/c1-6-29-25-15-19(2)21(16-24(25)20(3)17-26(29,4)5)18-27-22-7-9-23(10-8-22)28-11-13-30-14-12-28/h7-10,15-16,18,20H,6,11-14,17H2,1-5H3.